The Balaban J connectivity index is 1.59. The fraction of sp³-hybridized carbons (Fsp3) is 0.808. The van der Waals surface area contributed by atoms with E-state index in [9.17, 15) is 14.4 Å². The molecular weight excluding hydrogens is 434 g/mol. The van der Waals surface area contributed by atoms with Crippen LogP contribution in [-0.2, 0) is 23.9 Å². The first-order valence-electron chi connectivity index (χ1n) is 13.0. The van der Waals surface area contributed by atoms with E-state index < -0.39 is 35.1 Å². The molecule has 1 spiro atoms. The van der Waals surface area contributed by atoms with Crippen molar-refractivity contribution in [3.05, 3.63) is 12.2 Å². The Labute approximate surface area is 203 Å². The molecule has 0 aromatic heterocycles. The Kier molecular flexibility index (Phi) is 7.11. The molecule has 7 unspecified atom stereocenters. The zero-order chi connectivity index (χ0) is 24.7. The molecule has 190 valence electrons. The van der Waals surface area contributed by atoms with Crippen LogP contribution in [0.4, 0.5) is 0 Å². The molecule has 7 atom stereocenters. The van der Waals surface area contributed by atoms with E-state index in [0.717, 1.165) is 19.3 Å². The second-order valence-corrected chi connectivity index (χ2v) is 11.4. The van der Waals surface area contributed by atoms with Crippen LogP contribution in [0.1, 0.15) is 66.7 Å². The first-order chi connectivity index (χ1) is 16.1. The van der Waals surface area contributed by atoms with Crippen LogP contribution in [0.5, 0.6) is 0 Å². The number of nitrogens with zero attached hydrogens (tertiary/aromatic N) is 1. The van der Waals surface area contributed by atoms with E-state index in [4.69, 9.17) is 9.47 Å². The molecule has 8 nitrogen and oxygen atoms in total. The van der Waals surface area contributed by atoms with Crippen molar-refractivity contribution in [2.45, 2.75) is 96.1 Å². The lowest BCUT2D eigenvalue weighted by Crippen LogP contribution is -2.58. The Bertz CT molecular complexity index is 837. The summed E-state index contributed by atoms with van der Waals surface area (Å²) in [5.41, 5.74) is -1.57. The van der Waals surface area contributed by atoms with Crippen LogP contribution in [0.15, 0.2) is 12.2 Å². The molecule has 1 saturated carbocycles. The minimum atomic E-state index is -1.11. The number of likely N-dealkylation sites (tertiary alicyclic amines) is 1. The van der Waals surface area contributed by atoms with Gasteiger partial charge >= 0.3 is 0 Å². The molecule has 2 N–H and O–H groups in total. The lowest BCUT2D eigenvalue weighted by molar-refractivity contribution is -0.142. The highest BCUT2D eigenvalue weighted by Crippen LogP contribution is 2.55. The summed E-state index contributed by atoms with van der Waals surface area (Å²) in [6.45, 7) is 11.4. The Morgan fingerprint density at radius 3 is 2.65 bits per heavy atom. The molecule has 3 heterocycles. The van der Waals surface area contributed by atoms with E-state index in [2.05, 4.69) is 17.6 Å². The lowest BCUT2D eigenvalue weighted by atomic mass is 9.73. The van der Waals surface area contributed by atoms with E-state index >= 15 is 0 Å². The number of carbonyl (C=O) groups is 3. The number of nitrogens with one attached hydrogen (secondary N) is 2. The Morgan fingerprint density at radius 2 is 1.97 bits per heavy atom. The summed E-state index contributed by atoms with van der Waals surface area (Å²) in [6.07, 6.45) is 8.23. The highest BCUT2D eigenvalue weighted by molar-refractivity contribution is 6.00. The van der Waals surface area contributed by atoms with Gasteiger partial charge in [0.1, 0.15) is 11.6 Å². The van der Waals surface area contributed by atoms with E-state index in [1.807, 2.05) is 39.8 Å². The van der Waals surface area contributed by atoms with E-state index in [0.29, 0.717) is 32.1 Å². The van der Waals surface area contributed by atoms with Crippen LogP contribution in [0.3, 0.4) is 0 Å². The molecule has 3 amide bonds. The molecule has 2 bridgehead atoms. The second kappa shape index (κ2) is 9.61. The largest absolute Gasteiger partial charge is 0.382 e. The summed E-state index contributed by atoms with van der Waals surface area (Å²) in [4.78, 5) is 42.5. The van der Waals surface area contributed by atoms with Gasteiger partial charge in [-0.2, -0.15) is 0 Å². The van der Waals surface area contributed by atoms with Crippen molar-refractivity contribution < 1.29 is 23.9 Å². The van der Waals surface area contributed by atoms with Crippen LogP contribution < -0.4 is 10.6 Å². The maximum absolute atomic E-state index is 13.8. The number of amides is 3. The minimum Gasteiger partial charge on any atom is -0.382 e. The number of carbonyl (C=O) groups excluding carboxylic acids is 3. The number of hydrogen-bond acceptors (Lipinski definition) is 5. The third-order valence-electron chi connectivity index (χ3n) is 7.75. The molecule has 0 aromatic carbocycles. The third-order valence-corrected chi connectivity index (χ3v) is 7.75. The zero-order valence-electron chi connectivity index (χ0n) is 21.3. The predicted octanol–water partition coefficient (Wildman–Crippen LogP) is 2.17. The van der Waals surface area contributed by atoms with E-state index in [-0.39, 0.29) is 23.8 Å². The summed E-state index contributed by atoms with van der Waals surface area (Å²) in [5.74, 6) is -1.43. The van der Waals surface area contributed by atoms with Gasteiger partial charge in [0.05, 0.1) is 17.9 Å². The van der Waals surface area contributed by atoms with Crippen LogP contribution >= 0.6 is 0 Å². The van der Waals surface area contributed by atoms with Gasteiger partial charge in [-0.3, -0.25) is 14.4 Å². The number of rotatable bonds is 8. The molecular formula is C26H41N3O5. The molecule has 0 aromatic rings. The minimum absolute atomic E-state index is 0.124. The summed E-state index contributed by atoms with van der Waals surface area (Å²) in [6, 6.07) is -0.683. The van der Waals surface area contributed by atoms with Gasteiger partial charge < -0.3 is 25.0 Å². The van der Waals surface area contributed by atoms with Crippen LogP contribution in [-0.4, -0.2) is 71.7 Å². The smallest absolute Gasteiger partial charge is 0.246 e. The van der Waals surface area contributed by atoms with E-state index in [1.54, 1.807) is 4.90 Å². The SMILES string of the molecule is CCOCCCN1C(=O)C2C(C(=O)NC3CCCCC3C)C3C=CC2(O3)C1C(=O)NC(C)(C)C. The molecule has 8 heteroatoms. The monoisotopic (exact) mass is 475 g/mol. The lowest BCUT2D eigenvalue weighted by Gasteiger charge is -2.34. The average molecular weight is 476 g/mol. The van der Waals surface area contributed by atoms with Crippen LogP contribution in [0, 0.1) is 17.8 Å². The van der Waals surface area contributed by atoms with Crippen molar-refractivity contribution >= 4 is 17.7 Å². The first kappa shape index (κ1) is 25.2. The molecule has 3 aliphatic heterocycles. The Morgan fingerprint density at radius 1 is 1.24 bits per heavy atom. The third kappa shape index (κ3) is 4.51. The van der Waals surface area contributed by atoms with Crippen molar-refractivity contribution in [1.82, 2.24) is 15.5 Å². The highest BCUT2D eigenvalue weighted by atomic mass is 16.5. The summed E-state index contributed by atoms with van der Waals surface area (Å²) < 4.78 is 11.8. The maximum atomic E-state index is 13.8. The predicted molar refractivity (Wildman–Crippen MR) is 128 cm³/mol. The van der Waals surface area contributed by atoms with Gasteiger partial charge in [-0.15, -0.1) is 0 Å². The van der Waals surface area contributed by atoms with Gasteiger partial charge in [-0.25, -0.2) is 0 Å². The number of ether oxygens (including phenoxy) is 2. The van der Waals surface area contributed by atoms with Gasteiger partial charge in [0, 0.05) is 31.3 Å². The Hall–Kier alpha value is -1.93. The van der Waals surface area contributed by atoms with Gasteiger partial charge in [0.2, 0.25) is 17.7 Å². The normalized spacial score (nSPS) is 36.6. The van der Waals surface area contributed by atoms with Gasteiger partial charge in [-0.1, -0.05) is 31.9 Å². The zero-order valence-corrected chi connectivity index (χ0v) is 21.3. The summed E-state index contributed by atoms with van der Waals surface area (Å²) in [7, 11) is 0. The summed E-state index contributed by atoms with van der Waals surface area (Å²) in [5, 5.41) is 6.28. The molecule has 34 heavy (non-hydrogen) atoms. The first-order valence-corrected chi connectivity index (χ1v) is 13.0. The van der Waals surface area contributed by atoms with Crippen molar-refractivity contribution in [3.63, 3.8) is 0 Å². The standard InChI is InChI=1S/C26H41N3O5/c1-6-33-15-9-14-29-21(23(31)28-25(3,4)5)26-13-12-18(34-26)19(20(26)24(29)32)22(30)27-17-11-8-7-10-16(17)2/h12-13,16-21H,6-11,14-15H2,1-5H3,(H,27,30)(H,28,31). The van der Waals surface area contributed by atoms with Crippen molar-refractivity contribution in [3.8, 4) is 0 Å². The molecule has 1 aliphatic carbocycles. The molecule has 4 aliphatic rings. The van der Waals surface area contributed by atoms with Crippen LogP contribution in [0.25, 0.3) is 0 Å². The molecule has 4 rings (SSSR count). The fourth-order valence-corrected chi connectivity index (χ4v) is 6.24. The average Bonchev–Trinajstić information content (AvgIpc) is 3.39. The van der Waals surface area contributed by atoms with Crippen molar-refractivity contribution in [1.29, 1.82) is 0 Å². The number of hydrogen-bond donors (Lipinski definition) is 2. The molecule has 3 fully saturated rings. The quantitative estimate of drug-likeness (QED) is 0.414. The highest BCUT2D eigenvalue weighted by Gasteiger charge is 2.72. The summed E-state index contributed by atoms with van der Waals surface area (Å²) >= 11 is 0. The van der Waals surface area contributed by atoms with E-state index in [1.165, 1.54) is 6.42 Å². The fourth-order valence-electron chi connectivity index (χ4n) is 6.24. The topological polar surface area (TPSA) is 97.0 Å². The van der Waals surface area contributed by atoms with Gasteiger partial charge in [0.25, 0.3) is 0 Å². The number of fused-ring (bicyclic) bond motifs is 1. The maximum Gasteiger partial charge on any atom is 0.246 e. The molecule has 2 saturated heterocycles. The van der Waals surface area contributed by atoms with Crippen molar-refractivity contribution in [2.75, 3.05) is 19.8 Å². The van der Waals surface area contributed by atoms with Gasteiger partial charge in [-0.05, 0) is 52.9 Å². The second-order valence-electron chi connectivity index (χ2n) is 11.4. The van der Waals surface area contributed by atoms with Gasteiger partial charge in [0.15, 0.2) is 0 Å². The van der Waals surface area contributed by atoms with Crippen LogP contribution in [0.2, 0.25) is 0 Å². The molecule has 0 radical (unpaired) electrons. The van der Waals surface area contributed by atoms with Crippen molar-refractivity contribution in [2.24, 2.45) is 17.8 Å².